The van der Waals surface area contributed by atoms with Gasteiger partial charge in [-0.3, -0.25) is 9.36 Å². The maximum atomic E-state index is 12.6. The molecule has 164 valence electrons. The fourth-order valence-electron chi connectivity index (χ4n) is 3.21. The second kappa shape index (κ2) is 9.25. The van der Waals surface area contributed by atoms with Crippen molar-refractivity contribution < 1.29 is 13.2 Å². The number of hydrogen-bond donors (Lipinski definition) is 2. The lowest BCUT2D eigenvalue weighted by molar-refractivity contribution is -0.113. The van der Waals surface area contributed by atoms with Crippen molar-refractivity contribution in [2.24, 2.45) is 5.14 Å². The van der Waals surface area contributed by atoms with Crippen LogP contribution in [0.2, 0.25) is 0 Å². The number of sulfonamides is 1. The largest absolute Gasteiger partial charge is 0.325 e. The van der Waals surface area contributed by atoms with Gasteiger partial charge in [-0.05, 0) is 54.7 Å². The van der Waals surface area contributed by atoms with E-state index >= 15 is 0 Å². The van der Waals surface area contributed by atoms with Crippen molar-refractivity contribution in [1.29, 1.82) is 0 Å². The lowest BCUT2D eigenvalue weighted by Gasteiger charge is -2.15. The summed E-state index contributed by atoms with van der Waals surface area (Å²) in [5.74, 6) is 0.210. The maximum Gasteiger partial charge on any atom is 0.238 e. The molecule has 1 heterocycles. The van der Waals surface area contributed by atoms with E-state index in [0.717, 1.165) is 16.8 Å². The summed E-state index contributed by atoms with van der Waals surface area (Å²) in [4.78, 5) is 17.0. The van der Waals surface area contributed by atoms with Crippen LogP contribution in [-0.2, 0) is 14.8 Å². The molecule has 0 aliphatic carbocycles. The second-order valence-corrected chi connectivity index (χ2v) is 10.1. The van der Waals surface area contributed by atoms with Crippen molar-refractivity contribution >= 4 is 33.4 Å². The van der Waals surface area contributed by atoms with Crippen LogP contribution >= 0.6 is 11.8 Å². The molecule has 31 heavy (non-hydrogen) atoms. The third kappa shape index (κ3) is 5.36. The molecule has 0 aliphatic rings. The molecule has 9 heteroatoms. The first kappa shape index (κ1) is 23.1. The van der Waals surface area contributed by atoms with Crippen LogP contribution in [0.15, 0.2) is 58.8 Å². The summed E-state index contributed by atoms with van der Waals surface area (Å²) in [6, 6.07) is 11.0. The van der Waals surface area contributed by atoms with Gasteiger partial charge in [-0.25, -0.2) is 18.5 Å². The molecule has 3 rings (SSSR count). The van der Waals surface area contributed by atoms with Crippen molar-refractivity contribution in [1.82, 2.24) is 9.55 Å². The van der Waals surface area contributed by atoms with E-state index in [2.05, 4.69) is 30.2 Å². The molecule has 0 saturated heterocycles. The molecule has 0 bridgehead atoms. The molecule has 1 aromatic heterocycles. The van der Waals surface area contributed by atoms with E-state index in [-0.39, 0.29) is 16.6 Å². The zero-order valence-corrected chi connectivity index (χ0v) is 19.5. The standard InChI is InChI=1S/C22H26N4O3S2/c1-14(2)18-7-5-6-8-20(18)26-10-9-24-22(26)30-13-21(27)25-19-12-17(31(23,28)29)11-15(3)16(19)4/h5-12,14H,13H2,1-4H3,(H,25,27)(H2,23,28,29). The van der Waals surface area contributed by atoms with Gasteiger partial charge < -0.3 is 5.32 Å². The molecular weight excluding hydrogens is 432 g/mol. The number of nitrogens with two attached hydrogens (primary N) is 1. The number of thioether (sulfide) groups is 1. The van der Waals surface area contributed by atoms with Gasteiger partial charge in [0.15, 0.2) is 5.16 Å². The summed E-state index contributed by atoms with van der Waals surface area (Å²) in [7, 11) is -3.87. The molecular formula is C22H26N4O3S2. The SMILES string of the molecule is Cc1cc(S(N)(=O)=O)cc(NC(=O)CSc2nccn2-c2ccccc2C(C)C)c1C. The Morgan fingerprint density at radius 2 is 1.94 bits per heavy atom. The minimum absolute atomic E-state index is 0.0283. The van der Waals surface area contributed by atoms with Crippen molar-refractivity contribution in [3.05, 3.63) is 65.5 Å². The molecule has 3 N–H and O–H groups in total. The van der Waals surface area contributed by atoms with Crippen LogP contribution in [0.25, 0.3) is 5.69 Å². The molecule has 2 aromatic carbocycles. The Kier molecular flexibility index (Phi) is 6.88. The summed E-state index contributed by atoms with van der Waals surface area (Å²) in [5.41, 5.74) is 4.18. The van der Waals surface area contributed by atoms with Crippen LogP contribution in [0.1, 0.15) is 36.5 Å². The number of aryl methyl sites for hydroxylation is 1. The molecule has 0 fully saturated rings. The average Bonchev–Trinajstić information content (AvgIpc) is 3.17. The van der Waals surface area contributed by atoms with Crippen molar-refractivity contribution in [2.75, 3.05) is 11.1 Å². The molecule has 0 unspecified atom stereocenters. The van der Waals surface area contributed by atoms with Gasteiger partial charge in [-0.1, -0.05) is 43.8 Å². The molecule has 7 nitrogen and oxygen atoms in total. The van der Waals surface area contributed by atoms with E-state index in [1.54, 1.807) is 13.1 Å². The lowest BCUT2D eigenvalue weighted by atomic mass is 10.0. The number of nitrogens with one attached hydrogen (secondary N) is 1. The van der Waals surface area contributed by atoms with Crippen molar-refractivity contribution in [3.8, 4) is 5.69 Å². The molecule has 0 radical (unpaired) electrons. The van der Waals surface area contributed by atoms with E-state index in [1.165, 1.54) is 29.5 Å². The van der Waals surface area contributed by atoms with Crippen molar-refractivity contribution in [2.45, 2.75) is 43.7 Å². The van der Waals surface area contributed by atoms with Crippen LogP contribution in [-0.4, -0.2) is 29.6 Å². The number of carbonyl (C=O) groups is 1. The van der Waals surface area contributed by atoms with E-state index in [9.17, 15) is 13.2 Å². The minimum Gasteiger partial charge on any atom is -0.325 e. The normalized spacial score (nSPS) is 11.7. The first-order valence-corrected chi connectivity index (χ1v) is 12.3. The number of benzene rings is 2. The average molecular weight is 459 g/mol. The predicted octanol–water partition coefficient (Wildman–Crippen LogP) is 3.99. The molecule has 1 amide bonds. The molecule has 0 aliphatic heterocycles. The number of carbonyl (C=O) groups excluding carboxylic acids is 1. The topological polar surface area (TPSA) is 107 Å². The summed E-state index contributed by atoms with van der Waals surface area (Å²) in [6.45, 7) is 7.87. The quantitative estimate of drug-likeness (QED) is 0.521. The molecule has 0 atom stereocenters. The highest BCUT2D eigenvalue weighted by atomic mass is 32.2. The van der Waals surface area contributed by atoms with Crippen LogP contribution in [0.5, 0.6) is 0 Å². The second-order valence-electron chi connectivity index (χ2n) is 7.59. The number of anilines is 1. The molecule has 3 aromatic rings. The third-order valence-electron chi connectivity index (χ3n) is 5.00. The monoisotopic (exact) mass is 458 g/mol. The van der Waals surface area contributed by atoms with Gasteiger partial charge >= 0.3 is 0 Å². The Morgan fingerprint density at radius 1 is 1.23 bits per heavy atom. The van der Waals surface area contributed by atoms with Gasteiger partial charge in [-0.2, -0.15) is 0 Å². The first-order valence-electron chi connectivity index (χ1n) is 9.77. The van der Waals surface area contributed by atoms with Crippen LogP contribution in [0, 0.1) is 13.8 Å². The summed E-state index contributed by atoms with van der Waals surface area (Å²) < 4.78 is 25.4. The van der Waals surface area contributed by atoms with Gasteiger partial charge in [0.05, 0.1) is 16.3 Å². The number of para-hydroxylation sites is 1. The fourth-order valence-corrected chi connectivity index (χ4v) is 4.60. The number of primary sulfonamides is 1. The van der Waals surface area contributed by atoms with Crippen LogP contribution in [0.4, 0.5) is 5.69 Å². The number of nitrogens with zero attached hydrogens (tertiary/aromatic N) is 2. The number of aromatic nitrogens is 2. The van der Waals surface area contributed by atoms with Gasteiger partial charge in [0.1, 0.15) is 0 Å². The van der Waals surface area contributed by atoms with Crippen LogP contribution in [0.3, 0.4) is 0 Å². The summed E-state index contributed by atoms with van der Waals surface area (Å²) in [5, 5.41) is 8.75. The maximum absolute atomic E-state index is 12.6. The Labute approximate surface area is 187 Å². The number of hydrogen-bond acceptors (Lipinski definition) is 5. The molecule has 0 saturated carbocycles. The number of imidazole rings is 1. The van der Waals surface area contributed by atoms with E-state index in [4.69, 9.17) is 5.14 Å². The third-order valence-corrected chi connectivity index (χ3v) is 6.86. The lowest BCUT2D eigenvalue weighted by Crippen LogP contribution is -2.18. The highest BCUT2D eigenvalue weighted by Crippen LogP contribution is 2.28. The number of rotatable bonds is 7. The highest BCUT2D eigenvalue weighted by molar-refractivity contribution is 7.99. The van der Waals surface area contributed by atoms with Crippen molar-refractivity contribution in [3.63, 3.8) is 0 Å². The Balaban J connectivity index is 1.77. The summed E-state index contributed by atoms with van der Waals surface area (Å²) in [6.07, 6.45) is 3.59. The Morgan fingerprint density at radius 3 is 2.61 bits per heavy atom. The summed E-state index contributed by atoms with van der Waals surface area (Å²) >= 11 is 1.31. The smallest absolute Gasteiger partial charge is 0.238 e. The highest BCUT2D eigenvalue weighted by Gasteiger charge is 2.16. The Bertz CT molecular complexity index is 1220. The van der Waals surface area contributed by atoms with Crippen LogP contribution < -0.4 is 10.5 Å². The van der Waals surface area contributed by atoms with Gasteiger partial charge in [0, 0.05) is 18.1 Å². The van der Waals surface area contributed by atoms with Gasteiger partial charge in [0.2, 0.25) is 15.9 Å². The Hall–Kier alpha value is -2.62. The molecule has 0 spiro atoms. The van der Waals surface area contributed by atoms with E-state index < -0.39 is 10.0 Å². The first-order chi connectivity index (χ1) is 14.6. The zero-order valence-electron chi connectivity index (χ0n) is 17.9. The minimum atomic E-state index is -3.87. The number of amides is 1. The zero-order chi connectivity index (χ0) is 22.8. The fraction of sp³-hybridized carbons (Fsp3) is 0.273. The van der Waals surface area contributed by atoms with Gasteiger partial charge in [-0.15, -0.1) is 0 Å². The van der Waals surface area contributed by atoms with Gasteiger partial charge in [0.25, 0.3) is 0 Å². The predicted molar refractivity (Wildman–Crippen MR) is 124 cm³/mol. The van der Waals surface area contributed by atoms with E-state index in [0.29, 0.717) is 16.8 Å². The van der Waals surface area contributed by atoms with E-state index in [1.807, 2.05) is 35.9 Å².